The fraction of sp³-hybridized carbons (Fsp3) is 0.800. The smallest absolute Gasteiger partial charge is 0.326 e. The normalized spacial score (nSPS) is 12.1. The molecule has 1 amide bonds. The summed E-state index contributed by atoms with van der Waals surface area (Å²) in [6, 6.07) is -0.806. The van der Waals surface area contributed by atoms with Crippen molar-refractivity contribution in [3.05, 3.63) is 0 Å². The summed E-state index contributed by atoms with van der Waals surface area (Å²) in [5, 5.41) is 14.2. The van der Waals surface area contributed by atoms with Crippen molar-refractivity contribution in [2.75, 3.05) is 38.8 Å². The Bertz CT molecular complexity index is 238. The van der Waals surface area contributed by atoms with Gasteiger partial charge in [0.25, 0.3) is 0 Å². The van der Waals surface area contributed by atoms with E-state index >= 15 is 0 Å². The highest BCUT2D eigenvalue weighted by Gasteiger charge is 2.18. The van der Waals surface area contributed by atoms with E-state index in [9.17, 15) is 9.59 Å². The van der Waals surface area contributed by atoms with Gasteiger partial charge in [0.2, 0.25) is 5.91 Å². The average Bonchev–Trinajstić information content (AvgIpc) is 2.29. The third kappa shape index (κ3) is 8.96. The lowest BCUT2D eigenvalue weighted by Crippen LogP contribution is -2.45. The zero-order valence-electron chi connectivity index (χ0n) is 10.2. The third-order valence-corrected chi connectivity index (χ3v) is 2.66. The summed E-state index contributed by atoms with van der Waals surface area (Å²) in [6.45, 7) is 1.18. The number of aliphatic carboxylic acids is 1. The molecule has 100 valence electrons. The fourth-order valence-corrected chi connectivity index (χ4v) is 1.59. The van der Waals surface area contributed by atoms with Gasteiger partial charge in [0.15, 0.2) is 0 Å². The number of carbonyl (C=O) groups excluding carboxylic acids is 1. The number of hydrogen-bond donors (Lipinski definition) is 3. The lowest BCUT2D eigenvalue weighted by atomic mass is 10.2. The molecule has 0 aliphatic heterocycles. The Morgan fingerprint density at radius 3 is 2.71 bits per heavy atom. The SMILES string of the molecule is COCCNCC(=O)N[C@@H](CCSC)C(=O)O. The van der Waals surface area contributed by atoms with Crippen LogP contribution >= 0.6 is 11.8 Å². The maximum Gasteiger partial charge on any atom is 0.326 e. The number of methoxy groups -OCH3 is 1. The minimum atomic E-state index is -0.996. The maximum atomic E-state index is 11.4. The van der Waals surface area contributed by atoms with Gasteiger partial charge in [-0.05, 0) is 18.4 Å². The fourth-order valence-electron chi connectivity index (χ4n) is 1.11. The zero-order chi connectivity index (χ0) is 13.1. The Morgan fingerprint density at radius 1 is 1.47 bits per heavy atom. The molecule has 0 aromatic carbocycles. The Morgan fingerprint density at radius 2 is 2.18 bits per heavy atom. The van der Waals surface area contributed by atoms with Crippen molar-refractivity contribution in [2.45, 2.75) is 12.5 Å². The van der Waals surface area contributed by atoms with Gasteiger partial charge < -0.3 is 20.5 Å². The van der Waals surface area contributed by atoms with Gasteiger partial charge in [0.1, 0.15) is 6.04 Å². The summed E-state index contributed by atoms with van der Waals surface area (Å²) in [5.74, 6) is -0.604. The summed E-state index contributed by atoms with van der Waals surface area (Å²) < 4.78 is 4.80. The first-order valence-corrected chi connectivity index (χ1v) is 6.72. The van der Waals surface area contributed by atoms with Gasteiger partial charge in [0.05, 0.1) is 13.2 Å². The summed E-state index contributed by atoms with van der Waals surface area (Å²) in [7, 11) is 1.57. The van der Waals surface area contributed by atoms with Crippen LogP contribution in [0, 0.1) is 0 Å². The maximum absolute atomic E-state index is 11.4. The second kappa shape index (κ2) is 10.4. The summed E-state index contributed by atoms with van der Waals surface area (Å²) in [4.78, 5) is 22.3. The standard InChI is InChI=1S/C10H20N2O4S/c1-16-5-4-11-7-9(13)12-8(10(14)15)3-6-17-2/h8,11H,3-7H2,1-2H3,(H,12,13)(H,14,15)/t8-/m0/s1. The Labute approximate surface area is 105 Å². The van der Waals surface area contributed by atoms with Crippen LogP contribution in [-0.4, -0.2) is 61.8 Å². The highest BCUT2D eigenvalue weighted by atomic mass is 32.2. The van der Waals surface area contributed by atoms with Crippen LogP contribution < -0.4 is 10.6 Å². The first-order chi connectivity index (χ1) is 8.11. The van der Waals surface area contributed by atoms with Gasteiger partial charge in [-0.1, -0.05) is 0 Å². The van der Waals surface area contributed by atoms with Crippen LogP contribution in [0.15, 0.2) is 0 Å². The van der Waals surface area contributed by atoms with E-state index < -0.39 is 12.0 Å². The molecule has 6 nitrogen and oxygen atoms in total. The molecule has 0 aromatic heterocycles. The Kier molecular flexibility index (Phi) is 9.89. The van der Waals surface area contributed by atoms with Gasteiger partial charge in [-0.3, -0.25) is 4.79 Å². The molecule has 0 bridgehead atoms. The Hall–Kier alpha value is -0.790. The van der Waals surface area contributed by atoms with Crippen LogP contribution in [-0.2, 0) is 14.3 Å². The predicted octanol–water partition coefficient (Wildman–Crippen LogP) is -0.455. The van der Waals surface area contributed by atoms with Crippen LogP contribution in [0.3, 0.4) is 0 Å². The number of nitrogens with one attached hydrogen (secondary N) is 2. The largest absolute Gasteiger partial charge is 0.480 e. The van der Waals surface area contributed by atoms with Gasteiger partial charge in [-0.2, -0.15) is 11.8 Å². The quantitative estimate of drug-likeness (QED) is 0.463. The number of rotatable bonds is 10. The number of carboxylic acids is 1. The lowest BCUT2D eigenvalue weighted by molar-refractivity contribution is -0.141. The van der Waals surface area contributed by atoms with Crippen molar-refractivity contribution in [3.63, 3.8) is 0 Å². The minimum absolute atomic E-state index is 0.104. The first kappa shape index (κ1) is 16.2. The highest BCUT2D eigenvalue weighted by Crippen LogP contribution is 2.00. The van der Waals surface area contributed by atoms with Gasteiger partial charge >= 0.3 is 5.97 Å². The molecule has 0 spiro atoms. The molecule has 0 rings (SSSR count). The predicted molar refractivity (Wildman–Crippen MR) is 67.3 cm³/mol. The van der Waals surface area contributed by atoms with E-state index in [1.165, 1.54) is 0 Å². The van der Waals surface area contributed by atoms with E-state index in [-0.39, 0.29) is 12.5 Å². The molecule has 0 heterocycles. The van der Waals surface area contributed by atoms with Crippen LogP contribution in [0.4, 0.5) is 0 Å². The van der Waals surface area contributed by atoms with Gasteiger partial charge in [-0.15, -0.1) is 0 Å². The zero-order valence-corrected chi connectivity index (χ0v) is 11.0. The summed E-state index contributed by atoms with van der Waals surface area (Å²) in [5.41, 5.74) is 0. The molecule has 0 saturated heterocycles. The monoisotopic (exact) mass is 264 g/mol. The molecule has 0 aliphatic carbocycles. The molecule has 0 radical (unpaired) electrons. The van der Waals surface area contributed by atoms with E-state index in [0.29, 0.717) is 25.3 Å². The highest BCUT2D eigenvalue weighted by molar-refractivity contribution is 7.98. The van der Waals surface area contributed by atoms with Crippen LogP contribution in [0.25, 0.3) is 0 Å². The van der Waals surface area contributed by atoms with Crippen molar-refractivity contribution in [2.24, 2.45) is 0 Å². The number of amides is 1. The van der Waals surface area contributed by atoms with E-state index in [4.69, 9.17) is 9.84 Å². The number of hydrogen-bond acceptors (Lipinski definition) is 5. The van der Waals surface area contributed by atoms with Crippen LogP contribution in [0.2, 0.25) is 0 Å². The molecule has 0 aliphatic rings. The van der Waals surface area contributed by atoms with Crippen molar-refractivity contribution in [3.8, 4) is 0 Å². The summed E-state index contributed by atoms with van der Waals surface area (Å²) >= 11 is 1.55. The minimum Gasteiger partial charge on any atom is -0.480 e. The third-order valence-electron chi connectivity index (χ3n) is 2.01. The van der Waals surface area contributed by atoms with Crippen LogP contribution in [0.5, 0.6) is 0 Å². The van der Waals surface area contributed by atoms with Crippen LogP contribution in [0.1, 0.15) is 6.42 Å². The molecular formula is C10H20N2O4S. The van der Waals surface area contributed by atoms with Crippen molar-refractivity contribution in [1.82, 2.24) is 10.6 Å². The second-order valence-electron chi connectivity index (χ2n) is 3.41. The molecule has 7 heteroatoms. The molecular weight excluding hydrogens is 244 g/mol. The molecule has 0 fully saturated rings. The number of carbonyl (C=O) groups is 2. The lowest BCUT2D eigenvalue weighted by Gasteiger charge is -2.14. The topological polar surface area (TPSA) is 87.7 Å². The Balaban J connectivity index is 3.83. The molecule has 0 aromatic rings. The van der Waals surface area contributed by atoms with E-state index in [0.717, 1.165) is 0 Å². The van der Waals surface area contributed by atoms with Crippen molar-refractivity contribution in [1.29, 1.82) is 0 Å². The number of carboxylic acid groups (broad SMARTS) is 1. The van der Waals surface area contributed by atoms with Gasteiger partial charge in [0, 0.05) is 13.7 Å². The van der Waals surface area contributed by atoms with E-state index in [1.807, 2.05) is 6.26 Å². The molecule has 1 atom stereocenters. The van der Waals surface area contributed by atoms with Crippen molar-refractivity contribution >= 4 is 23.6 Å². The van der Waals surface area contributed by atoms with Crippen molar-refractivity contribution < 1.29 is 19.4 Å². The molecule has 0 unspecified atom stereocenters. The van der Waals surface area contributed by atoms with E-state index in [1.54, 1.807) is 18.9 Å². The number of ether oxygens (including phenoxy) is 1. The summed E-state index contributed by atoms with van der Waals surface area (Å²) in [6.07, 6.45) is 2.33. The van der Waals surface area contributed by atoms with Gasteiger partial charge in [-0.25, -0.2) is 4.79 Å². The molecule has 17 heavy (non-hydrogen) atoms. The molecule has 3 N–H and O–H groups in total. The first-order valence-electron chi connectivity index (χ1n) is 5.32. The number of thioether (sulfide) groups is 1. The second-order valence-corrected chi connectivity index (χ2v) is 4.39. The molecule has 0 saturated carbocycles. The van der Waals surface area contributed by atoms with E-state index in [2.05, 4.69) is 10.6 Å². The average molecular weight is 264 g/mol.